The van der Waals surface area contributed by atoms with Crippen molar-refractivity contribution in [2.45, 2.75) is 12.8 Å². The monoisotopic (exact) mass is 399 g/mol. The smallest absolute Gasteiger partial charge is 0.506 e. The highest BCUT2D eigenvalue weighted by atomic mass is 16.7. The van der Waals surface area contributed by atoms with Crippen LogP contribution in [0.2, 0.25) is 0 Å². The number of unbranched alkanes of at least 4 members (excludes halogenated alkanes) is 1. The number of fused-ring (bicyclic) bond motifs is 1. The third kappa shape index (κ3) is 5.28. The van der Waals surface area contributed by atoms with Crippen LogP contribution >= 0.6 is 0 Å². The van der Waals surface area contributed by atoms with E-state index in [9.17, 15) is 19.5 Å². The summed E-state index contributed by atoms with van der Waals surface area (Å²) in [5.74, 6) is -0.881. The summed E-state index contributed by atoms with van der Waals surface area (Å²) in [6.07, 6.45) is 0.00650. The average Bonchev–Trinajstić information content (AvgIpc) is 3.15. The van der Waals surface area contributed by atoms with E-state index in [1.165, 1.54) is 23.0 Å². The van der Waals surface area contributed by atoms with Crippen LogP contribution in [-0.2, 0) is 19.1 Å². The zero-order valence-corrected chi connectivity index (χ0v) is 15.2. The number of carbonyl (C=O) groups excluding carboxylic acids is 3. The van der Waals surface area contributed by atoms with Gasteiger partial charge in [0.05, 0.1) is 13.2 Å². The molecule has 1 aromatic heterocycles. The van der Waals surface area contributed by atoms with Crippen LogP contribution in [0.4, 0.5) is 4.79 Å². The third-order valence-electron chi connectivity index (χ3n) is 3.75. The van der Waals surface area contributed by atoms with Gasteiger partial charge in [-0.15, -0.1) is 15.0 Å². The number of hydrogen-bond donors (Lipinski definition) is 1. The summed E-state index contributed by atoms with van der Waals surface area (Å²) in [5.41, 5.74) is 1.54. The van der Waals surface area contributed by atoms with Crippen LogP contribution in [0.5, 0.6) is 11.5 Å². The zero-order valence-electron chi connectivity index (χ0n) is 15.2. The van der Waals surface area contributed by atoms with E-state index < -0.39 is 12.1 Å². The van der Waals surface area contributed by atoms with Crippen LogP contribution in [0, 0.1) is 0 Å². The minimum atomic E-state index is -0.937. The molecule has 0 unspecified atom stereocenters. The highest BCUT2D eigenvalue weighted by Gasteiger charge is 2.13. The Kier molecular flexibility index (Phi) is 6.36. The van der Waals surface area contributed by atoms with E-state index in [4.69, 9.17) is 9.47 Å². The fourth-order valence-electron chi connectivity index (χ4n) is 2.39. The fraction of sp³-hybridized carbons (Fsp3) is 0.211. The Morgan fingerprint density at radius 2 is 1.66 bits per heavy atom. The van der Waals surface area contributed by atoms with Gasteiger partial charge in [-0.1, -0.05) is 12.1 Å². The maximum Gasteiger partial charge on any atom is 0.513 e. The largest absolute Gasteiger partial charge is 0.513 e. The van der Waals surface area contributed by atoms with E-state index in [0.717, 1.165) is 0 Å². The van der Waals surface area contributed by atoms with Crippen molar-refractivity contribution in [1.82, 2.24) is 15.0 Å². The molecule has 1 N–H and O–H groups in total. The standard InChI is InChI=1S/C19H17N3O7/c23-12-18(25)27-9-3-4-10-28-19(26)29-13-7-8-17(24)16(11-13)22-20-14-5-1-2-6-15(14)21-22/h1-2,5-8,11-12,24H,3-4,9-10H2. The molecule has 0 saturated carbocycles. The van der Waals surface area contributed by atoms with Crippen molar-refractivity contribution in [3.05, 3.63) is 42.5 Å². The van der Waals surface area contributed by atoms with E-state index in [2.05, 4.69) is 14.9 Å². The van der Waals surface area contributed by atoms with Gasteiger partial charge in [-0.2, -0.15) is 0 Å². The Labute approximate surface area is 164 Å². The van der Waals surface area contributed by atoms with Crippen molar-refractivity contribution in [3.63, 3.8) is 0 Å². The molecule has 0 aliphatic rings. The van der Waals surface area contributed by atoms with Crippen molar-refractivity contribution >= 4 is 29.4 Å². The van der Waals surface area contributed by atoms with Gasteiger partial charge in [0.25, 0.3) is 0 Å². The van der Waals surface area contributed by atoms with Crippen LogP contribution in [0.15, 0.2) is 42.5 Å². The van der Waals surface area contributed by atoms with Gasteiger partial charge in [-0.3, -0.25) is 4.79 Å². The average molecular weight is 399 g/mol. The van der Waals surface area contributed by atoms with Gasteiger partial charge in [0, 0.05) is 6.07 Å². The molecule has 0 atom stereocenters. The molecule has 2 aromatic carbocycles. The number of aromatic nitrogens is 3. The number of esters is 1. The molecule has 3 aromatic rings. The molecule has 150 valence electrons. The Balaban J connectivity index is 1.55. The van der Waals surface area contributed by atoms with Gasteiger partial charge in [0.2, 0.25) is 6.29 Å². The van der Waals surface area contributed by atoms with E-state index in [1.54, 1.807) is 12.1 Å². The Morgan fingerprint density at radius 3 is 2.31 bits per heavy atom. The first kappa shape index (κ1) is 19.8. The fourth-order valence-corrected chi connectivity index (χ4v) is 2.39. The normalized spacial score (nSPS) is 10.5. The third-order valence-corrected chi connectivity index (χ3v) is 3.75. The molecule has 0 saturated heterocycles. The number of phenolic OH excluding ortho intramolecular Hbond substituents is 1. The molecular weight excluding hydrogens is 382 g/mol. The molecule has 3 rings (SSSR count). The molecule has 0 bridgehead atoms. The van der Waals surface area contributed by atoms with Crippen molar-refractivity contribution in [3.8, 4) is 17.2 Å². The maximum absolute atomic E-state index is 11.8. The number of rotatable bonds is 8. The lowest BCUT2D eigenvalue weighted by atomic mass is 10.3. The van der Waals surface area contributed by atoms with Crippen LogP contribution in [0.1, 0.15) is 12.8 Å². The highest BCUT2D eigenvalue weighted by Crippen LogP contribution is 2.26. The van der Waals surface area contributed by atoms with E-state index >= 15 is 0 Å². The number of nitrogens with zero attached hydrogens (tertiary/aromatic N) is 3. The summed E-state index contributed by atoms with van der Waals surface area (Å²) in [7, 11) is 0. The molecule has 10 heteroatoms. The molecule has 29 heavy (non-hydrogen) atoms. The van der Waals surface area contributed by atoms with Crippen molar-refractivity contribution in [2.24, 2.45) is 0 Å². The molecule has 1 heterocycles. The second kappa shape index (κ2) is 9.31. The number of hydrogen-bond acceptors (Lipinski definition) is 9. The number of aldehydes is 1. The lowest BCUT2D eigenvalue weighted by Crippen LogP contribution is -2.13. The number of carbonyl (C=O) groups is 3. The summed E-state index contributed by atoms with van der Waals surface area (Å²) < 4.78 is 14.6. The summed E-state index contributed by atoms with van der Waals surface area (Å²) >= 11 is 0. The van der Waals surface area contributed by atoms with Crippen molar-refractivity contribution in [1.29, 1.82) is 0 Å². The van der Waals surface area contributed by atoms with Gasteiger partial charge in [-0.05, 0) is 37.1 Å². The van der Waals surface area contributed by atoms with Crippen LogP contribution < -0.4 is 4.74 Å². The lowest BCUT2D eigenvalue weighted by molar-refractivity contribution is -0.148. The quantitative estimate of drug-likeness (QED) is 0.199. The molecule has 0 amide bonds. The summed E-state index contributed by atoms with van der Waals surface area (Å²) in [6.45, 7) is 0.108. The lowest BCUT2D eigenvalue weighted by Gasteiger charge is -2.08. The van der Waals surface area contributed by atoms with Gasteiger partial charge in [0.15, 0.2) is 0 Å². The summed E-state index contributed by atoms with van der Waals surface area (Å²) in [4.78, 5) is 33.8. The zero-order chi connectivity index (χ0) is 20.6. The van der Waals surface area contributed by atoms with Gasteiger partial charge in [-0.25, -0.2) is 9.59 Å². The second-order valence-electron chi connectivity index (χ2n) is 5.82. The first-order valence-electron chi connectivity index (χ1n) is 8.69. The van der Waals surface area contributed by atoms with Crippen LogP contribution in [-0.4, -0.2) is 51.7 Å². The van der Waals surface area contributed by atoms with Crippen LogP contribution in [0.25, 0.3) is 16.7 Å². The Hall–Kier alpha value is -3.95. The topological polar surface area (TPSA) is 130 Å². The van der Waals surface area contributed by atoms with E-state index in [-0.39, 0.29) is 36.7 Å². The molecule has 10 nitrogen and oxygen atoms in total. The van der Waals surface area contributed by atoms with Crippen molar-refractivity contribution < 1.29 is 33.7 Å². The first-order valence-corrected chi connectivity index (χ1v) is 8.69. The number of benzene rings is 2. The molecule has 0 spiro atoms. The number of phenols is 1. The summed E-state index contributed by atoms with van der Waals surface area (Å²) in [6, 6.07) is 11.4. The number of ether oxygens (including phenoxy) is 3. The van der Waals surface area contributed by atoms with E-state index in [1.807, 2.05) is 12.1 Å². The minimum Gasteiger partial charge on any atom is -0.506 e. The van der Waals surface area contributed by atoms with Gasteiger partial charge >= 0.3 is 12.1 Å². The molecule has 0 radical (unpaired) electrons. The van der Waals surface area contributed by atoms with E-state index in [0.29, 0.717) is 23.9 Å². The van der Waals surface area contributed by atoms with Crippen LogP contribution in [0.3, 0.4) is 0 Å². The molecule has 0 aliphatic heterocycles. The second-order valence-corrected chi connectivity index (χ2v) is 5.82. The SMILES string of the molecule is O=CC(=O)OCCCCOC(=O)Oc1ccc(O)c(-n2nc3ccccc3n2)c1. The number of aromatic hydroxyl groups is 1. The summed E-state index contributed by atoms with van der Waals surface area (Å²) in [5, 5.41) is 18.7. The predicted octanol–water partition coefficient (Wildman–Crippen LogP) is 2.16. The van der Waals surface area contributed by atoms with Crippen molar-refractivity contribution in [2.75, 3.05) is 13.2 Å². The Bertz CT molecular complexity index is 999. The Morgan fingerprint density at radius 1 is 1.00 bits per heavy atom. The van der Waals surface area contributed by atoms with Gasteiger partial charge in [0.1, 0.15) is 28.2 Å². The maximum atomic E-state index is 11.8. The highest BCUT2D eigenvalue weighted by molar-refractivity contribution is 6.20. The molecular formula is C19H17N3O7. The molecule has 0 fully saturated rings. The predicted molar refractivity (Wildman–Crippen MR) is 98.8 cm³/mol. The minimum absolute atomic E-state index is 0.0501. The van der Waals surface area contributed by atoms with Gasteiger partial charge < -0.3 is 19.3 Å². The molecule has 0 aliphatic carbocycles. The first-order chi connectivity index (χ1) is 14.1.